The Morgan fingerprint density at radius 2 is 2.00 bits per heavy atom. The first-order valence-electron chi connectivity index (χ1n) is 6.67. The Bertz CT molecular complexity index is 628. The minimum absolute atomic E-state index is 0.110. The van der Waals surface area contributed by atoms with Gasteiger partial charge in [-0.15, -0.1) is 0 Å². The van der Waals surface area contributed by atoms with Crippen molar-refractivity contribution < 1.29 is 9.53 Å². The highest BCUT2D eigenvalue weighted by Gasteiger charge is 2.17. The van der Waals surface area contributed by atoms with Crippen LogP contribution in [0, 0.1) is 0 Å². The molecular weight excluding hydrogens is 266 g/mol. The summed E-state index contributed by atoms with van der Waals surface area (Å²) in [6.45, 7) is 0.953. The van der Waals surface area contributed by atoms with E-state index in [1.807, 2.05) is 24.3 Å². The van der Waals surface area contributed by atoms with Gasteiger partial charge in [-0.25, -0.2) is 0 Å². The van der Waals surface area contributed by atoms with Crippen LogP contribution >= 0.6 is 0 Å². The van der Waals surface area contributed by atoms with E-state index in [0.717, 1.165) is 11.1 Å². The Morgan fingerprint density at radius 1 is 1.29 bits per heavy atom. The predicted molar refractivity (Wildman–Crippen MR) is 80.9 cm³/mol. The van der Waals surface area contributed by atoms with Gasteiger partial charge in [-0.2, -0.15) is 0 Å². The quantitative estimate of drug-likeness (QED) is 0.910. The van der Waals surface area contributed by atoms with Gasteiger partial charge in [0.05, 0.1) is 18.9 Å². The Balaban J connectivity index is 2.20. The van der Waals surface area contributed by atoms with Crippen LogP contribution in [0.5, 0.6) is 5.75 Å². The molecule has 5 heteroatoms. The summed E-state index contributed by atoms with van der Waals surface area (Å²) in [4.78, 5) is 18.1. The monoisotopic (exact) mass is 285 g/mol. The summed E-state index contributed by atoms with van der Waals surface area (Å²) in [5.74, 6) is 0.363. The Labute approximate surface area is 124 Å². The third kappa shape index (κ3) is 3.38. The lowest BCUT2D eigenvalue weighted by molar-refractivity contribution is 0.0781. The van der Waals surface area contributed by atoms with E-state index in [1.165, 1.54) is 13.3 Å². The van der Waals surface area contributed by atoms with Crippen molar-refractivity contribution in [2.24, 2.45) is 5.73 Å². The third-order valence-electron chi connectivity index (χ3n) is 3.33. The Morgan fingerprint density at radius 3 is 2.67 bits per heavy atom. The SMILES string of the molecule is COc1cnccc1C(=O)N(C)Cc1ccccc1CN. The van der Waals surface area contributed by atoms with Crippen LogP contribution in [-0.4, -0.2) is 29.9 Å². The van der Waals surface area contributed by atoms with Crippen LogP contribution in [-0.2, 0) is 13.1 Å². The third-order valence-corrected chi connectivity index (χ3v) is 3.33. The molecule has 0 radical (unpaired) electrons. The van der Waals surface area contributed by atoms with Gasteiger partial charge in [0.15, 0.2) is 0 Å². The van der Waals surface area contributed by atoms with Crippen LogP contribution in [0.15, 0.2) is 42.7 Å². The molecule has 1 heterocycles. The first kappa shape index (κ1) is 15.0. The largest absolute Gasteiger partial charge is 0.494 e. The average molecular weight is 285 g/mol. The number of nitrogens with zero attached hydrogens (tertiary/aromatic N) is 2. The molecule has 2 aromatic rings. The number of pyridine rings is 1. The zero-order chi connectivity index (χ0) is 15.2. The molecule has 0 atom stereocenters. The highest BCUT2D eigenvalue weighted by molar-refractivity contribution is 5.96. The second kappa shape index (κ2) is 6.85. The number of hydrogen-bond acceptors (Lipinski definition) is 4. The van der Waals surface area contributed by atoms with Crippen molar-refractivity contribution >= 4 is 5.91 Å². The molecule has 21 heavy (non-hydrogen) atoms. The highest BCUT2D eigenvalue weighted by Crippen LogP contribution is 2.19. The fourth-order valence-corrected chi connectivity index (χ4v) is 2.16. The van der Waals surface area contributed by atoms with Gasteiger partial charge in [-0.05, 0) is 17.2 Å². The number of nitrogens with two attached hydrogens (primary N) is 1. The molecule has 2 N–H and O–H groups in total. The van der Waals surface area contributed by atoms with E-state index in [2.05, 4.69) is 4.98 Å². The van der Waals surface area contributed by atoms with Crippen LogP contribution in [0.25, 0.3) is 0 Å². The summed E-state index contributed by atoms with van der Waals surface area (Å²) < 4.78 is 5.18. The summed E-state index contributed by atoms with van der Waals surface area (Å²) >= 11 is 0. The lowest BCUT2D eigenvalue weighted by atomic mass is 10.1. The molecule has 0 unspecified atom stereocenters. The van der Waals surface area contributed by atoms with Crippen LogP contribution in [0.3, 0.4) is 0 Å². The van der Waals surface area contributed by atoms with Crippen molar-refractivity contribution in [2.75, 3.05) is 14.2 Å². The maximum atomic E-state index is 12.5. The van der Waals surface area contributed by atoms with E-state index in [4.69, 9.17) is 10.5 Å². The molecule has 0 aliphatic rings. The van der Waals surface area contributed by atoms with E-state index < -0.39 is 0 Å². The van der Waals surface area contributed by atoms with E-state index in [1.54, 1.807) is 24.2 Å². The lowest BCUT2D eigenvalue weighted by Crippen LogP contribution is -2.27. The molecule has 0 saturated heterocycles. The van der Waals surface area contributed by atoms with Gasteiger partial charge in [0.1, 0.15) is 5.75 Å². The van der Waals surface area contributed by atoms with E-state index in [-0.39, 0.29) is 5.91 Å². The van der Waals surface area contributed by atoms with Crippen LogP contribution in [0.1, 0.15) is 21.5 Å². The molecule has 0 bridgehead atoms. The molecule has 2 rings (SSSR count). The van der Waals surface area contributed by atoms with Gasteiger partial charge < -0.3 is 15.4 Å². The van der Waals surface area contributed by atoms with Crippen molar-refractivity contribution in [2.45, 2.75) is 13.1 Å². The molecule has 0 aliphatic heterocycles. The van der Waals surface area contributed by atoms with Crippen LogP contribution in [0.2, 0.25) is 0 Å². The highest BCUT2D eigenvalue weighted by atomic mass is 16.5. The first-order valence-corrected chi connectivity index (χ1v) is 6.67. The standard InChI is InChI=1S/C16H19N3O2/c1-19(11-13-6-4-3-5-12(13)9-17)16(20)14-7-8-18-10-15(14)21-2/h3-8,10H,9,11,17H2,1-2H3. The number of aromatic nitrogens is 1. The summed E-state index contributed by atoms with van der Waals surface area (Å²) in [7, 11) is 3.28. The summed E-state index contributed by atoms with van der Waals surface area (Å²) in [5.41, 5.74) is 8.31. The fraction of sp³-hybridized carbons (Fsp3) is 0.250. The molecule has 1 aromatic carbocycles. The van der Waals surface area contributed by atoms with Crippen molar-refractivity contribution in [3.63, 3.8) is 0 Å². The molecule has 0 aliphatic carbocycles. The molecule has 0 spiro atoms. The molecule has 1 amide bonds. The number of amides is 1. The van der Waals surface area contributed by atoms with Gasteiger partial charge >= 0.3 is 0 Å². The minimum Gasteiger partial charge on any atom is -0.494 e. The fourth-order valence-electron chi connectivity index (χ4n) is 2.16. The van der Waals surface area contributed by atoms with E-state index in [9.17, 15) is 4.79 Å². The average Bonchev–Trinajstić information content (AvgIpc) is 2.54. The van der Waals surface area contributed by atoms with Crippen molar-refractivity contribution in [3.05, 3.63) is 59.4 Å². The zero-order valence-corrected chi connectivity index (χ0v) is 12.2. The second-order valence-corrected chi connectivity index (χ2v) is 4.71. The molecule has 0 saturated carbocycles. The maximum Gasteiger partial charge on any atom is 0.257 e. The number of benzene rings is 1. The maximum absolute atomic E-state index is 12.5. The predicted octanol–water partition coefficient (Wildman–Crippen LogP) is 1.82. The van der Waals surface area contributed by atoms with Gasteiger partial charge in [-0.3, -0.25) is 9.78 Å². The number of ether oxygens (including phenoxy) is 1. The molecule has 1 aromatic heterocycles. The number of carbonyl (C=O) groups excluding carboxylic acids is 1. The molecule has 0 fully saturated rings. The second-order valence-electron chi connectivity index (χ2n) is 4.71. The minimum atomic E-state index is -0.110. The first-order chi connectivity index (χ1) is 10.2. The zero-order valence-electron chi connectivity index (χ0n) is 12.2. The Hall–Kier alpha value is -2.40. The van der Waals surface area contributed by atoms with Crippen molar-refractivity contribution in [1.29, 1.82) is 0 Å². The topological polar surface area (TPSA) is 68.5 Å². The van der Waals surface area contributed by atoms with E-state index >= 15 is 0 Å². The molecule has 110 valence electrons. The number of carbonyl (C=O) groups is 1. The lowest BCUT2D eigenvalue weighted by Gasteiger charge is -2.20. The van der Waals surface area contributed by atoms with Crippen LogP contribution < -0.4 is 10.5 Å². The smallest absolute Gasteiger partial charge is 0.257 e. The van der Waals surface area contributed by atoms with Gasteiger partial charge in [0.25, 0.3) is 5.91 Å². The van der Waals surface area contributed by atoms with Crippen molar-refractivity contribution in [3.8, 4) is 5.75 Å². The summed E-state index contributed by atoms with van der Waals surface area (Å²) in [6.07, 6.45) is 3.12. The van der Waals surface area contributed by atoms with Crippen molar-refractivity contribution in [1.82, 2.24) is 9.88 Å². The van der Waals surface area contributed by atoms with Gasteiger partial charge in [0.2, 0.25) is 0 Å². The normalized spacial score (nSPS) is 10.2. The molecular formula is C16H19N3O2. The van der Waals surface area contributed by atoms with Gasteiger partial charge in [-0.1, -0.05) is 24.3 Å². The van der Waals surface area contributed by atoms with E-state index in [0.29, 0.717) is 24.4 Å². The number of hydrogen-bond donors (Lipinski definition) is 1. The van der Waals surface area contributed by atoms with Crippen LogP contribution in [0.4, 0.5) is 0 Å². The Kier molecular flexibility index (Phi) is 4.90. The molecule has 5 nitrogen and oxygen atoms in total. The number of methoxy groups -OCH3 is 1. The van der Waals surface area contributed by atoms with Gasteiger partial charge in [0, 0.05) is 26.3 Å². The summed E-state index contributed by atoms with van der Waals surface area (Å²) in [5, 5.41) is 0. The number of rotatable bonds is 5. The summed E-state index contributed by atoms with van der Waals surface area (Å²) in [6, 6.07) is 9.50.